The van der Waals surface area contributed by atoms with Crippen molar-refractivity contribution in [3.8, 4) is 17.6 Å². The lowest BCUT2D eigenvalue weighted by molar-refractivity contribution is -0.136. The van der Waals surface area contributed by atoms with E-state index in [1.54, 1.807) is 39.0 Å². The Hall–Kier alpha value is -2.68. The summed E-state index contributed by atoms with van der Waals surface area (Å²) in [6.07, 6.45) is -0.684. The highest BCUT2D eigenvalue weighted by Crippen LogP contribution is 2.17. The van der Waals surface area contributed by atoms with Gasteiger partial charge in [-0.25, -0.2) is 4.79 Å². The molecule has 0 heterocycles. The number of carboxylic acids is 1. The predicted molar refractivity (Wildman–Crippen MR) is 85.4 cm³/mol. The molecule has 0 saturated heterocycles. The number of amides is 1. The first kappa shape index (κ1) is 18.4. The number of ether oxygens (including phenoxy) is 2. The van der Waals surface area contributed by atoms with Gasteiger partial charge in [-0.1, -0.05) is 17.9 Å². The minimum Gasteiger partial charge on any atom is -0.497 e. The highest BCUT2D eigenvalue weighted by molar-refractivity contribution is 5.72. The van der Waals surface area contributed by atoms with E-state index in [1.165, 1.54) is 7.11 Å². The van der Waals surface area contributed by atoms with Crippen molar-refractivity contribution < 1.29 is 24.2 Å². The normalized spacial score (nSPS) is 10.3. The van der Waals surface area contributed by atoms with Gasteiger partial charge in [-0.3, -0.25) is 4.79 Å². The monoisotopic (exact) mass is 319 g/mol. The fourth-order valence-corrected chi connectivity index (χ4v) is 1.69. The highest BCUT2D eigenvalue weighted by atomic mass is 16.6. The first-order valence-electron chi connectivity index (χ1n) is 7.05. The van der Waals surface area contributed by atoms with Gasteiger partial charge in [-0.05, 0) is 38.5 Å². The lowest BCUT2D eigenvalue weighted by atomic mass is 10.0. The molecule has 0 aliphatic rings. The molecule has 0 saturated carbocycles. The van der Waals surface area contributed by atoms with E-state index in [2.05, 4.69) is 17.2 Å². The second kappa shape index (κ2) is 8.08. The van der Waals surface area contributed by atoms with Crippen molar-refractivity contribution in [1.29, 1.82) is 0 Å². The van der Waals surface area contributed by atoms with Crippen molar-refractivity contribution in [2.45, 2.75) is 32.8 Å². The van der Waals surface area contributed by atoms with Crippen LogP contribution in [0.15, 0.2) is 18.2 Å². The van der Waals surface area contributed by atoms with Crippen LogP contribution in [0.25, 0.3) is 0 Å². The summed E-state index contributed by atoms with van der Waals surface area (Å²) in [5, 5.41) is 11.4. The predicted octanol–water partition coefficient (Wildman–Crippen LogP) is 2.20. The van der Waals surface area contributed by atoms with Crippen molar-refractivity contribution in [2.24, 2.45) is 0 Å². The molecule has 1 aromatic rings. The van der Waals surface area contributed by atoms with Gasteiger partial charge in [0.25, 0.3) is 0 Å². The van der Waals surface area contributed by atoms with Crippen LogP contribution in [0.4, 0.5) is 4.79 Å². The molecule has 0 unspecified atom stereocenters. The SMILES string of the molecule is COc1ccc(CC(=O)O)c(C#CCNC(=O)OC(C)(C)C)c1. The summed E-state index contributed by atoms with van der Waals surface area (Å²) in [5.41, 5.74) is 0.569. The Balaban J connectivity index is 2.76. The second-order valence-corrected chi connectivity index (χ2v) is 5.75. The zero-order valence-electron chi connectivity index (χ0n) is 13.7. The van der Waals surface area contributed by atoms with E-state index in [0.29, 0.717) is 16.9 Å². The Morgan fingerprint density at radius 2 is 2.00 bits per heavy atom. The minimum absolute atomic E-state index is 0.0959. The fraction of sp³-hybridized carbons (Fsp3) is 0.412. The summed E-state index contributed by atoms with van der Waals surface area (Å²) in [7, 11) is 1.52. The quantitative estimate of drug-likeness (QED) is 0.831. The Morgan fingerprint density at radius 3 is 2.57 bits per heavy atom. The minimum atomic E-state index is -0.940. The zero-order valence-corrected chi connectivity index (χ0v) is 13.7. The molecule has 0 radical (unpaired) electrons. The van der Waals surface area contributed by atoms with E-state index >= 15 is 0 Å². The van der Waals surface area contributed by atoms with Crippen molar-refractivity contribution in [1.82, 2.24) is 5.32 Å². The van der Waals surface area contributed by atoms with Crippen LogP contribution < -0.4 is 10.1 Å². The molecule has 0 aliphatic heterocycles. The summed E-state index contributed by atoms with van der Waals surface area (Å²) < 4.78 is 10.2. The maximum absolute atomic E-state index is 11.5. The summed E-state index contributed by atoms with van der Waals surface area (Å²) in [5.74, 6) is 5.27. The standard InChI is InChI=1S/C17H21NO5/c1-17(2,3)23-16(21)18-9-5-6-12-10-14(22-4)8-7-13(12)11-15(19)20/h7-8,10H,9,11H2,1-4H3,(H,18,21)(H,19,20). The molecule has 0 atom stereocenters. The van der Waals surface area contributed by atoms with Gasteiger partial charge in [0, 0.05) is 5.56 Å². The molecule has 0 fully saturated rings. The number of carboxylic acid groups (broad SMARTS) is 1. The Bertz CT molecular complexity index is 635. The molecule has 0 bridgehead atoms. The van der Waals surface area contributed by atoms with Crippen LogP contribution in [0.5, 0.6) is 5.75 Å². The molecule has 0 spiro atoms. The van der Waals surface area contributed by atoms with Gasteiger partial charge in [0.2, 0.25) is 0 Å². The summed E-state index contributed by atoms with van der Waals surface area (Å²) in [4.78, 5) is 22.4. The number of alkyl carbamates (subject to hydrolysis) is 1. The van der Waals surface area contributed by atoms with Gasteiger partial charge >= 0.3 is 12.1 Å². The van der Waals surface area contributed by atoms with E-state index in [9.17, 15) is 9.59 Å². The first-order chi connectivity index (χ1) is 10.7. The van der Waals surface area contributed by atoms with Crippen LogP contribution in [-0.4, -0.2) is 36.4 Å². The van der Waals surface area contributed by atoms with Crippen LogP contribution in [0.3, 0.4) is 0 Å². The lowest BCUT2D eigenvalue weighted by Gasteiger charge is -2.19. The average Bonchev–Trinajstić information content (AvgIpc) is 2.42. The van der Waals surface area contributed by atoms with E-state index in [0.717, 1.165) is 0 Å². The molecule has 1 amide bonds. The zero-order chi connectivity index (χ0) is 17.5. The van der Waals surface area contributed by atoms with Crippen LogP contribution in [0, 0.1) is 11.8 Å². The maximum Gasteiger partial charge on any atom is 0.408 e. The largest absolute Gasteiger partial charge is 0.497 e. The molecule has 6 nitrogen and oxygen atoms in total. The topological polar surface area (TPSA) is 84.9 Å². The summed E-state index contributed by atoms with van der Waals surface area (Å²) in [6.45, 7) is 5.41. The third kappa shape index (κ3) is 7.23. The maximum atomic E-state index is 11.5. The van der Waals surface area contributed by atoms with Crippen molar-refractivity contribution >= 4 is 12.1 Å². The molecule has 2 N–H and O–H groups in total. The number of benzene rings is 1. The number of hydrogen-bond acceptors (Lipinski definition) is 4. The molecule has 0 aliphatic carbocycles. The number of aliphatic carboxylic acids is 1. The van der Waals surface area contributed by atoms with Gasteiger partial charge in [-0.15, -0.1) is 0 Å². The third-order valence-electron chi connectivity index (χ3n) is 2.60. The van der Waals surface area contributed by atoms with E-state index < -0.39 is 17.7 Å². The molecule has 124 valence electrons. The molecule has 6 heteroatoms. The van der Waals surface area contributed by atoms with Gasteiger partial charge in [0.15, 0.2) is 0 Å². The van der Waals surface area contributed by atoms with Gasteiger partial charge in [0.1, 0.15) is 11.4 Å². The average molecular weight is 319 g/mol. The van der Waals surface area contributed by atoms with Crippen LogP contribution >= 0.6 is 0 Å². The van der Waals surface area contributed by atoms with Crippen molar-refractivity contribution in [3.63, 3.8) is 0 Å². The number of hydrogen-bond donors (Lipinski definition) is 2. The van der Waals surface area contributed by atoms with Gasteiger partial charge in [0.05, 0.1) is 20.1 Å². The van der Waals surface area contributed by atoms with E-state index in [4.69, 9.17) is 14.6 Å². The van der Waals surface area contributed by atoms with Crippen molar-refractivity contribution in [3.05, 3.63) is 29.3 Å². The van der Waals surface area contributed by atoms with Crippen molar-refractivity contribution in [2.75, 3.05) is 13.7 Å². The lowest BCUT2D eigenvalue weighted by Crippen LogP contribution is -2.32. The smallest absolute Gasteiger partial charge is 0.408 e. The molecule has 1 rings (SSSR count). The number of carbonyl (C=O) groups is 2. The molecule has 23 heavy (non-hydrogen) atoms. The summed E-state index contributed by atoms with van der Waals surface area (Å²) >= 11 is 0. The van der Waals surface area contributed by atoms with Crippen LogP contribution in [-0.2, 0) is 16.0 Å². The molecular formula is C17H21NO5. The first-order valence-corrected chi connectivity index (χ1v) is 7.05. The number of methoxy groups -OCH3 is 1. The Kier molecular flexibility index (Phi) is 6.46. The number of nitrogens with one attached hydrogen (secondary N) is 1. The van der Waals surface area contributed by atoms with E-state index in [-0.39, 0.29) is 13.0 Å². The third-order valence-corrected chi connectivity index (χ3v) is 2.60. The van der Waals surface area contributed by atoms with E-state index in [1.807, 2.05) is 0 Å². The second-order valence-electron chi connectivity index (χ2n) is 5.75. The van der Waals surface area contributed by atoms with Gasteiger partial charge < -0.3 is 19.9 Å². The highest BCUT2D eigenvalue weighted by Gasteiger charge is 2.15. The Morgan fingerprint density at radius 1 is 1.30 bits per heavy atom. The Labute approximate surface area is 135 Å². The fourth-order valence-electron chi connectivity index (χ4n) is 1.69. The summed E-state index contributed by atoms with van der Waals surface area (Å²) in [6, 6.07) is 5.01. The van der Waals surface area contributed by atoms with Crippen LogP contribution in [0.2, 0.25) is 0 Å². The number of carbonyl (C=O) groups excluding carboxylic acids is 1. The molecular weight excluding hydrogens is 298 g/mol. The number of rotatable bonds is 4. The molecule has 1 aromatic carbocycles. The van der Waals surface area contributed by atoms with Crippen LogP contribution in [0.1, 0.15) is 31.9 Å². The van der Waals surface area contributed by atoms with Gasteiger partial charge in [-0.2, -0.15) is 0 Å². The molecule has 0 aromatic heterocycles.